The number of hydrogen-bond donors (Lipinski definition) is 2. The number of aliphatic hydroxyl groups excluding tert-OH is 2. The molecule has 0 atom stereocenters. The average molecular weight is 353 g/mol. The highest BCUT2D eigenvalue weighted by Crippen LogP contribution is 2.30. The van der Waals surface area contributed by atoms with Crippen molar-refractivity contribution in [3.05, 3.63) is 69.4 Å². The average Bonchev–Trinajstić information content (AvgIpc) is 2.49. The molecule has 0 saturated carbocycles. The molecule has 2 aromatic rings. The van der Waals surface area contributed by atoms with Gasteiger partial charge in [0.1, 0.15) is 5.82 Å². The Kier molecular flexibility index (Phi) is 5.14. The summed E-state index contributed by atoms with van der Waals surface area (Å²) in [5.74, 6) is -0.336. The molecule has 2 aromatic carbocycles. The number of halogens is 2. The fraction of sp³-hybridized carbons (Fsp3) is 0.294. The Balaban J connectivity index is 2.42. The lowest BCUT2D eigenvalue weighted by Crippen LogP contribution is -2.37. The van der Waals surface area contributed by atoms with Gasteiger partial charge in [0.15, 0.2) is 0 Å². The molecular weight excluding hydrogens is 335 g/mol. The third-order valence-electron chi connectivity index (χ3n) is 3.81. The molecule has 0 spiro atoms. The largest absolute Gasteiger partial charge is 0.395 e. The standard InChI is InChI=1S/C17H18BrFO2/c1-12-2-4-14(5-3-12)17(10-20,11-21)9-13-8-15(18)6-7-16(13)19/h2-8,20-21H,9-11H2,1H3. The van der Waals surface area contributed by atoms with E-state index in [1.165, 1.54) is 6.07 Å². The van der Waals surface area contributed by atoms with Gasteiger partial charge in [-0.1, -0.05) is 45.8 Å². The summed E-state index contributed by atoms with van der Waals surface area (Å²) >= 11 is 3.32. The Bertz CT molecular complexity index is 607. The van der Waals surface area contributed by atoms with Crippen molar-refractivity contribution in [2.24, 2.45) is 0 Å². The first kappa shape index (κ1) is 16.1. The van der Waals surface area contributed by atoms with Crippen LogP contribution in [0.25, 0.3) is 0 Å². The molecule has 0 aromatic heterocycles. The Morgan fingerprint density at radius 2 is 1.67 bits per heavy atom. The molecule has 0 aliphatic heterocycles. The first-order valence-electron chi connectivity index (χ1n) is 6.73. The minimum absolute atomic E-state index is 0.230. The van der Waals surface area contributed by atoms with E-state index >= 15 is 0 Å². The molecule has 0 aliphatic rings. The maximum Gasteiger partial charge on any atom is 0.126 e. The zero-order valence-electron chi connectivity index (χ0n) is 11.8. The normalized spacial score (nSPS) is 11.7. The summed E-state index contributed by atoms with van der Waals surface area (Å²) in [5.41, 5.74) is 1.47. The van der Waals surface area contributed by atoms with Crippen LogP contribution in [0.1, 0.15) is 16.7 Å². The van der Waals surface area contributed by atoms with Crippen LogP contribution in [0.4, 0.5) is 4.39 Å². The van der Waals surface area contributed by atoms with Crippen molar-refractivity contribution < 1.29 is 14.6 Å². The van der Waals surface area contributed by atoms with Crippen LogP contribution in [-0.2, 0) is 11.8 Å². The molecule has 4 heteroatoms. The molecule has 0 heterocycles. The number of hydrogen-bond acceptors (Lipinski definition) is 2. The van der Waals surface area contributed by atoms with Gasteiger partial charge >= 0.3 is 0 Å². The molecule has 0 radical (unpaired) electrons. The summed E-state index contributed by atoms with van der Waals surface area (Å²) in [6.45, 7) is 1.47. The summed E-state index contributed by atoms with van der Waals surface area (Å²) in [5, 5.41) is 19.7. The van der Waals surface area contributed by atoms with E-state index in [0.29, 0.717) is 5.56 Å². The smallest absolute Gasteiger partial charge is 0.126 e. The molecule has 2 N–H and O–H groups in total. The molecule has 0 unspecified atom stereocenters. The summed E-state index contributed by atoms with van der Waals surface area (Å²) < 4.78 is 14.7. The van der Waals surface area contributed by atoms with E-state index in [-0.39, 0.29) is 25.5 Å². The Labute approximate surface area is 132 Å². The SMILES string of the molecule is Cc1ccc(C(CO)(CO)Cc2cc(Br)ccc2F)cc1. The van der Waals surface area contributed by atoms with E-state index in [0.717, 1.165) is 15.6 Å². The van der Waals surface area contributed by atoms with E-state index < -0.39 is 5.41 Å². The summed E-state index contributed by atoms with van der Waals surface area (Å²) in [6.07, 6.45) is 0.230. The predicted molar refractivity (Wildman–Crippen MR) is 84.8 cm³/mol. The van der Waals surface area contributed by atoms with Crippen LogP contribution in [0.15, 0.2) is 46.9 Å². The van der Waals surface area contributed by atoms with Gasteiger partial charge in [-0.25, -0.2) is 4.39 Å². The molecule has 0 aliphatic carbocycles. The lowest BCUT2D eigenvalue weighted by atomic mass is 9.76. The van der Waals surface area contributed by atoms with Gasteiger partial charge < -0.3 is 10.2 Å². The molecule has 0 saturated heterocycles. The van der Waals surface area contributed by atoms with Crippen molar-refractivity contribution in [1.29, 1.82) is 0 Å². The van der Waals surface area contributed by atoms with Gasteiger partial charge in [-0.2, -0.15) is 0 Å². The Hall–Kier alpha value is -1.23. The van der Waals surface area contributed by atoms with Crippen molar-refractivity contribution in [2.45, 2.75) is 18.8 Å². The third-order valence-corrected chi connectivity index (χ3v) is 4.30. The van der Waals surface area contributed by atoms with E-state index in [1.54, 1.807) is 12.1 Å². The first-order valence-corrected chi connectivity index (χ1v) is 7.53. The molecule has 2 nitrogen and oxygen atoms in total. The van der Waals surface area contributed by atoms with Crippen LogP contribution in [0, 0.1) is 12.7 Å². The van der Waals surface area contributed by atoms with Crippen molar-refractivity contribution in [3.8, 4) is 0 Å². The minimum Gasteiger partial charge on any atom is -0.395 e. The quantitative estimate of drug-likeness (QED) is 0.866. The zero-order valence-corrected chi connectivity index (χ0v) is 13.4. The van der Waals surface area contributed by atoms with Gasteiger partial charge in [0.2, 0.25) is 0 Å². The molecule has 2 rings (SSSR count). The highest BCUT2D eigenvalue weighted by atomic mass is 79.9. The van der Waals surface area contributed by atoms with Crippen molar-refractivity contribution >= 4 is 15.9 Å². The lowest BCUT2D eigenvalue weighted by Gasteiger charge is -2.31. The molecule has 0 bridgehead atoms. The van der Waals surface area contributed by atoms with Gasteiger partial charge in [0.25, 0.3) is 0 Å². The highest BCUT2D eigenvalue weighted by molar-refractivity contribution is 9.10. The van der Waals surface area contributed by atoms with Crippen LogP contribution in [0.2, 0.25) is 0 Å². The first-order chi connectivity index (χ1) is 10.0. The fourth-order valence-electron chi connectivity index (χ4n) is 2.40. The second kappa shape index (κ2) is 6.69. The number of rotatable bonds is 5. The summed E-state index contributed by atoms with van der Waals surface area (Å²) in [7, 11) is 0. The van der Waals surface area contributed by atoms with E-state index in [2.05, 4.69) is 15.9 Å². The predicted octanol–water partition coefficient (Wildman–Crippen LogP) is 3.36. The maximum atomic E-state index is 14.0. The van der Waals surface area contributed by atoms with Gasteiger partial charge in [-0.15, -0.1) is 0 Å². The lowest BCUT2D eigenvalue weighted by molar-refractivity contribution is 0.115. The zero-order chi connectivity index (χ0) is 15.5. The maximum absolute atomic E-state index is 14.0. The van der Waals surface area contributed by atoms with Crippen molar-refractivity contribution in [3.63, 3.8) is 0 Å². The monoisotopic (exact) mass is 352 g/mol. The minimum atomic E-state index is -0.894. The number of aryl methyl sites for hydroxylation is 1. The van der Waals surface area contributed by atoms with Crippen molar-refractivity contribution in [2.75, 3.05) is 13.2 Å². The summed E-state index contributed by atoms with van der Waals surface area (Å²) in [4.78, 5) is 0. The van der Waals surface area contributed by atoms with E-state index in [4.69, 9.17) is 0 Å². The van der Waals surface area contributed by atoms with Crippen LogP contribution < -0.4 is 0 Å². The second-order valence-electron chi connectivity index (χ2n) is 5.38. The Morgan fingerprint density at radius 3 is 2.24 bits per heavy atom. The molecular formula is C17H18BrFO2. The molecule has 0 fully saturated rings. The Morgan fingerprint density at radius 1 is 1.05 bits per heavy atom. The molecule has 21 heavy (non-hydrogen) atoms. The van der Waals surface area contributed by atoms with Crippen LogP contribution in [-0.4, -0.2) is 23.4 Å². The fourth-order valence-corrected chi connectivity index (χ4v) is 2.81. The summed E-state index contributed by atoms with van der Waals surface area (Å²) in [6, 6.07) is 12.3. The van der Waals surface area contributed by atoms with Gasteiger partial charge in [0.05, 0.1) is 13.2 Å². The highest BCUT2D eigenvalue weighted by Gasteiger charge is 2.32. The molecule has 112 valence electrons. The van der Waals surface area contributed by atoms with Crippen LogP contribution in [0.3, 0.4) is 0 Å². The second-order valence-corrected chi connectivity index (χ2v) is 6.29. The third kappa shape index (κ3) is 3.51. The van der Waals surface area contributed by atoms with E-state index in [1.807, 2.05) is 31.2 Å². The van der Waals surface area contributed by atoms with Gasteiger partial charge in [-0.05, 0) is 42.7 Å². The number of aliphatic hydroxyl groups is 2. The van der Waals surface area contributed by atoms with Crippen LogP contribution in [0.5, 0.6) is 0 Å². The van der Waals surface area contributed by atoms with Gasteiger partial charge in [0, 0.05) is 9.89 Å². The van der Waals surface area contributed by atoms with Gasteiger partial charge in [-0.3, -0.25) is 0 Å². The molecule has 0 amide bonds. The van der Waals surface area contributed by atoms with Crippen molar-refractivity contribution in [1.82, 2.24) is 0 Å². The van der Waals surface area contributed by atoms with Crippen LogP contribution >= 0.6 is 15.9 Å². The topological polar surface area (TPSA) is 40.5 Å². The van der Waals surface area contributed by atoms with E-state index in [9.17, 15) is 14.6 Å². The number of benzene rings is 2.